The van der Waals surface area contributed by atoms with Gasteiger partial charge in [0.15, 0.2) is 0 Å². The van der Waals surface area contributed by atoms with E-state index in [1.54, 1.807) is 11.8 Å². The van der Waals surface area contributed by atoms with E-state index in [0.717, 1.165) is 47.6 Å². The van der Waals surface area contributed by atoms with E-state index in [9.17, 15) is 5.26 Å². The molecule has 0 radical (unpaired) electrons. The molecular weight excluding hydrogens is 266 g/mol. The molecule has 1 aliphatic rings. The van der Waals surface area contributed by atoms with Crippen LogP contribution in [0.2, 0.25) is 0 Å². The number of nitrogens with zero attached hydrogens (tertiary/aromatic N) is 2. The molecule has 2 rings (SSSR count). The number of hydrogen-bond acceptors (Lipinski definition) is 4. The fraction of sp³-hybridized carbons (Fsp3) is 0.562. The van der Waals surface area contributed by atoms with Gasteiger partial charge >= 0.3 is 0 Å². The first-order chi connectivity index (χ1) is 9.67. The van der Waals surface area contributed by atoms with Crippen LogP contribution in [0.15, 0.2) is 23.1 Å². The van der Waals surface area contributed by atoms with Crippen LogP contribution in [0.25, 0.3) is 0 Å². The second-order valence-corrected chi connectivity index (χ2v) is 6.68. The van der Waals surface area contributed by atoms with E-state index in [1.165, 1.54) is 0 Å². The molecule has 1 saturated carbocycles. The Labute approximate surface area is 126 Å². The number of nitrogens with two attached hydrogens (primary N) is 1. The summed E-state index contributed by atoms with van der Waals surface area (Å²) >= 11 is 1.74. The molecule has 0 aromatic heterocycles. The van der Waals surface area contributed by atoms with Gasteiger partial charge in [-0.15, -0.1) is 11.8 Å². The minimum atomic E-state index is 0.358. The molecule has 1 aromatic rings. The number of anilines is 1. The molecule has 0 amide bonds. The second kappa shape index (κ2) is 7.01. The highest BCUT2D eigenvalue weighted by Gasteiger charge is 2.24. The fourth-order valence-corrected chi connectivity index (χ4v) is 3.67. The summed E-state index contributed by atoms with van der Waals surface area (Å²) in [7, 11) is 2.11. The first-order valence-electron chi connectivity index (χ1n) is 7.31. The van der Waals surface area contributed by atoms with Gasteiger partial charge in [0.1, 0.15) is 6.07 Å². The van der Waals surface area contributed by atoms with Crippen LogP contribution in [0.1, 0.15) is 38.2 Å². The predicted octanol–water partition coefficient (Wildman–Crippen LogP) is 3.38. The molecule has 2 N–H and O–H groups in total. The van der Waals surface area contributed by atoms with Crippen LogP contribution in [-0.2, 0) is 0 Å². The molecule has 1 aromatic carbocycles. The van der Waals surface area contributed by atoms with Gasteiger partial charge in [0, 0.05) is 24.0 Å². The van der Waals surface area contributed by atoms with Gasteiger partial charge < -0.3 is 10.6 Å². The third-order valence-corrected chi connectivity index (χ3v) is 5.02. The maximum atomic E-state index is 9.51. The van der Waals surface area contributed by atoms with Crippen LogP contribution in [0.4, 0.5) is 5.69 Å². The number of nitriles is 1. The summed E-state index contributed by atoms with van der Waals surface area (Å²) in [6, 6.07) is 9.41. The summed E-state index contributed by atoms with van der Waals surface area (Å²) < 4.78 is 0. The first-order valence-corrected chi connectivity index (χ1v) is 8.30. The Balaban J connectivity index is 2.23. The van der Waals surface area contributed by atoms with Gasteiger partial charge in [-0.3, -0.25) is 0 Å². The largest absolute Gasteiger partial charge is 0.371 e. The van der Waals surface area contributed by atoms with Gasteiger partial charge in [-0.05, 0) is 43.6 Å². The highest BCUT2D eigenvalue weighted by Crippen LogP contribution is 2.33. The molecule has 0 heterocycles. The number of thioether (sulfide) groups is 1. The Hall–Kier alpha value is -1.18. The standard InChI is InChI=1S/C16H23N3S/c1-3-20-16-6-4-5-15(14(16)11-17)19(2)13-9-7-12(18)8-10-13/h4-6,12-13H,3,7-10,18H2,1-2H3. The minimum absolute atomic E-state index is 0.358. The topological polar surface area (TPSA) is 53.0 Å². The SMILES string of the molecule is CCSc1cccc(N(C)C2CCC(N)CC2)c1C#N. The van der Waals surface area contributed by atoms with Crippen LogP contribution in [0.5, 0.6) is 0 Å². The Morgan fingerprint density at radius 3 is 2.65 bits per heavy atom. The predicted molar refractivity (Wildman–Crippen MR) is 86.2 cm³/mol. The van der Waals surface area contributed by atoms with Crippen molar-refractivity contribution >= 4 is 17.4 Å². The average molecular weight is 289 g/mol. The summed E-state index contributed by atoms with van der Waals surface area (Å²) in [5, 5.41) is 9.51. The van der Waals surface area contributed by atoms with Gasteiger partial charge in [0.05, 0.1) is 11.3 Å². The van der Waals surface area contributed by atoms with Crippen molar-refractivity contribution in [1.29, 1.82) is 5.26 Å². The third kappa shape index (κ3) is 3.28. The van der Waals surface area contributed by atoms with E-state index >= 15 is 0 Å². The lowest BCUT2D eigenvalue weighted by Crippen LogP contribution is -2.39. The van der Waals surface area contributed by atoms with Crippen molar-refractivity contribution in [2.75, 3.05) is 17.7 Å². The molecule has 0 unspecified atom stereocenters. The van der Waals surface area contributed by atoms with Gasteiger partial charge in [-0.1, -0.05) is 13.0 Å². The molecule has 1 aliphatic carbocycles. The van der Waals surface area contributed by atoms with Crippen molar-refractivity contribution in [3.8, 4) is 6.07 Å². The zero-order valence-electron chi connectivity index (χ0n) is 12.3. The maximum absolute atomic E-state index is 9.51. The minimum Gasteiger partial charge on any atom is -0.371 e. The lowest BCUT2D eigenvalue weighted by atomic mass is 9.90. The number of hydrogen-bond donors (Lipinski definition) is 1. The van der Waals surface area contributed by atoms with Crippen molar-refractivity contribution in [3.05, 3.63) is 23.8 Å². The molecule has 0 bridgehead atoms. The highest BCUT2D eigenvalue weighted by molar-refractivity contribution is 7.99. The zero-order valence-corrected chi connectivity index (χ0v) is 13.1. The molecule has 0 saturated heterocycles. The Morgan fingerprint density at radius 2 is 2.05 bits per heavy atom. The third-order valence-electron chi connectivity index (χ3n) is 4.08. The molecular formula is C16H23N3S. The van der Waals surface area contributed by atoms with E-state index < -0.39 is 0 Å². The monoisotopic (exact) mass is 289 g/mol. The lowest BCUT2D eigenvalue weighted by Gasteiger charge is -2.35. The van der Waals surface area contributed by atoms with Crippen molar-refractivity contribution in [2.24, 2.45) is 5.73 Å². The molecule has 1 fully saturated rings. The molecule has 4 heteroatoms. The van der Waals surface area contributed by atoms with E-state index in [-0.39, 0.29) is 0 Å². The molecule has 3 nitrogen and oxygen atoms in total. The van der Waals surface area contributed by atoms with Gasteiger partial charge in [-0.2, -0.15) is 5.26 Å². The quantitative estimate of drug-likeness (QED) is 0.863. The van der Waals surface area contributed by atoms with Crippen LogP contribution in [-0.4, -0.2) is 24.9 Å². The van der Waals surface area contributed by atoms with Crippen molar-refractivity contribution in [3.63, 3.8) is 0 Å². The molecule has 0 aliphatic heterocycles. The van der Waals surface area contributed by atoms with E-state index in [1.807, 2.05) is 6.07 Å². The summed E-state index contributed by atoms with van der Waals surface area (Å²) in [4.78, 5) is 3.37. The highest BCUT2D eigenvalue weighted by atomic mass is 32.2. The fourth-order valence-electron chi connectivity index (χ4n) is 2.89. The van der Waals surface area contributed by atoms with Gasteiger partial charge in [0.2, 0.25) is 0 Å². The lowest BCUT2D eigenvalue weighted by molar-refractivity contribution is 0.385. The van der Waals surface area contributed by atoms with Crippen LogP contribution < -0.4 is 10.6 Å². The van der Waals surface area contributed by atoms with Crippen molar-refractivity contribution in [1.82, 2.24) is 0 Å². The van der Waals surface area contributed by atoms with Crippen molar-refractivity contribution < 1.29 is 0 Å². The number of benzene rings is 1. The average Bonchev–Trinajstić information content (AvgIpc) is 2.47. The van der Waals surface area contributed by atoms with Gasteiger partial charge in [-0.25, -0.2) is 0 Å². The summed E-state index contributed by atoms with van der Waals surface area (Å²) in [5.74, 6) is 0.986. The van der Waals surface area contributed by atoms with Crippen molar-refractivity contribution in [2.45, 2.75) is 49.6 Å². The van der Waals surface area contributed by atoms with E-state index in [2.05, 4.69) is 37.1 Å². The molecule has 0 spiro atoms. The molecule has 108 valence electrons. The maximum Gasteiger partial charge on any atom is 0.103 e. The summed E-state index contributed by atoms with van der Waals surface area (Å²) in [6.45, 7) is 2.12. The number of rotatable bonds is 4. The first kappa shape index (κ1) is 15.2. The second-order valence-electron chi connectivity index (χ2n) is 5.37. The zero-order chi connectivity index (χ0) is 14.5. The van der Waals surface area contributed by atoms with Crippen LogP contribution in [0.3, 0.4) is 0 Å². The molecule has 0 atom stereocenters. The Bertz CT molecular complexity index is 487. The van der Waals surface area contributed by atoms with Crippen LogP contribution >= 0.6 is 11.8 Å². The van der Waals surface area contributed by atoms with E-state index in [4.69, 9.17) is 5.73 Å². The Morgan fingerprint density at radius 1 is 1.35 bits per heavy atom. The Kier molecular flexibility index (Phi) is 5.33. The summed E-state index contributed by atoms with van der Waals surface area (Å²) in [5.41, 5.74) is 7.86. The smallest absolute Gasteiger partial charge is 0.103 e. The van der Waals surface area contributed by atoms with Crippen LogP contribution in [0, 0.1) is 11.3 Å². The van der Waals surface area contributed by atoms with E-state index in [0.29, 0.717) is 12.1 Å². The normalized spacial score (nSPS) is 22.3. The summed E-state index contributed by atoms with van der Waals surface area (Å²) in [6.07, 6.45) is 4.40. The molecule has 20 heavy (non-hydrogen) atoms. The van der Waals surface area contributed by atoms with Gasteiger partial charge in [0.25, 0.3) is 0 Å².